The molecule has 2 aliphatic carbocycles. The van der Waals surface area contributed by atoms with Crippen LogP contribution in [0.1, 0.15) is 36.2 Å². The van der Waals surface area contributed by atoms with E-state index in [2.05, 4.69) is 0 Å². The Balaban J connectivity index is 1.66. The van der Waals surface area contributed by atoms with E-state index < -0.39 is 84.0 Å². The molecule has 0 amide bonds. The highest BCUT2D eigenvalue weighted by molar-refractivity contribution is 6.14. The monoisotopic (exact) mass is 558 g/mol. The molecule has 0 radical (unpaired) electrons. The molecule has 1 fully saturated rings. The number of hydrogen-bond acceptors (Lipinski definition) is 12. The molecule has 12 nitrogen and oxygen atoms in total. The quantitative estimate of drug-likeness (QED) is 0.245. The molecule has 5 rings (SSSR count). The zero-order valence-corrected chi connectivity index (χ0v) is 21.6. The number of phenols is 2. The Morgan fingerprint density at radius 3 is 2.50 bits per heavy atom. The summed E-state index contributed by atoms with van der Waals surface area (Å²) in [5, 5.41) is 74.7. The minimum Gasteiger partial charge on any atom is -0.507 e. The van der Waals surface area contributed by atoms with Gasteiger partial charge in [-0.15, -0.1) is 0 Å². The van der Waals surface area contributed by atoms with Gasteiger partial charge in [0.05, 0.1) is 29.3 Å². The molecule has 0 aromatic heterocycles. The predicted molar refractivity (Wildman–Crippen MR) is 135 cm³/mol. The van der Waals surface area contributed by atoms with Crippen molar-refractivity contribution in [1.29, 1.82) is 0 Å². The molecule has 1 saturated heterocycles. The fraction of sp³-hybridized carbons (Fsp3) is 0.464. The summed E-state index contributed by atoms with van der Waals surface area (Å²) in [7, 11) is 0. The maximum Gasteiger partial charge on any atom is 0.203 e. The van der Waals surface area contributed by atoms with E-state index in [0.717, 1.165) is 13.0 Å². The van der Waals surface area contributed by atoms with Crippen molar-refractivity contribution in [2.45, 2.75) is 68.6 Å². The number of carbonyl (C=O) groups is 3. The molecule has 1 heterocycles. The summed E-state index contributed by atoms with van der Waals surface area (Å²) in [5.41, 5.74) is -4.92. The van der Waals surface area contributed by atoms with Crippen LogP contribution in [0.25, 0.3) is 10.8 Å². The number of rotatable bonds is 5. The van der Waals surface area contributed by atoms with Crippen molar-refractivity contribution in [3.63, 3.8) is 0 Å². The van der Waals surface area contributed by atoms with Crippen molar-refractivity contribution in [3.05, 3.63) is 47.0 Å². The highest BCUT2D eigenvalue weighted by Gasteiger charge is 2.61. The lowest BCUT2D eigenvalue weighted by molar-refractivity contribution is -0.297. The summed E-state index contributed by atoms with van der Waals surface area (Å²) in [5.74, 6) is -4.68. The first-order valence-electron chi connectivity index (χ1n) is 12.8. The van der Waals surface area contributed by atoms with Crippen LogP contribution in [-0.4, -0.2) is 102 Å². The van der Waals surface area contributed by atoms with Crippen LogP contribution < -0.4 is 0 Å². The number of aliphatic hydroxyl groups excluding tert-OH is 4. The number of carbonyl (C=O) groups excluding carboxylic acids is 3. The van der Waals surface area contributed by atoms with Gasteiger partial charge in [-0.3, -0.25) is 14.4 Å². The number of ether oxygens (including phenoxy) is 2. The summed E-state index contributed by atoms with van der Waals surface area (Å²) in [4.78, 5) is 39.0. The predicted octanol–water partition coefficient (Wildman–Crippen LogP) is -0.600. The second-order valence-corrected chi connectivity index (χ2v) is 10.6. The normalized spacial score (nSPS) is 35.6. The highest BCUT2D eigenvalue weighted by Crippen LogP contribution is 2.50. The second kappa shape index (κ2) is 9.70. The summed E-state index contributed by atoms with van der Waals surface area (Å²) in [6.07, 6.45) is -7.59. The van der Waals surface area contributed by atoms with Gasteiger partial charge in [0.15, 0.2) is 29.1 Å². The maximum atomic E-state index is 14.3. The first-order chi connectivity index (χ1) is 18.8. The Morgan fingerprint density at radius 2 is 1.88 bits per heavy atom. The molecule has 7 N–H and O–H groups in total. The molecule has 40 heavy (non-hydrogen) atoms. The summed E-state index contributed by atoms with van der Waals surface area (Å²) >= 11 is 0. The van der Waals surface area contributed by atoms with Crippen molar-refractivity contribution >= 4 is 28.1 Å². The van der Waals surface area contributed by atoms with E-state index in [1.165, 1.54) is 13.0 Å². The Hall–Kier alpha value is -3.23. The number of aliphatic hydroxyl groups is 5. The largest absolute Gasteiger partial charge is 0.507 e. The van der Waals surface area contributed by atoms with E-state index in [0.29, 0.717) is 10.9 Å². The Labute approximate surface area is 227 Å². The standard InChI is InChI=1S/C28H30O12/c1-11(30)15-9-27(40-20-8-18(32)28(38,12(2)39-20)19(33)10-29)16(24(35)23(15)34)7-14-6-13-4-3-5-17(31)21(13)25(36)22(14)26(27)37/h3-6,9,12,16,18,20,23-24,29,31-32,34-36,38H,7-8,10H2,1-2H3/t12-,16-,18-,20+,23-,24-,27-,28+/m1/s1. The Bertz CT molecular complexity index is 1430. The highest BCUT2D eigenvalue weighted by atomic mass is 16.7. The Morgan fingerprint density at radius 1 is 1.18 bits per heavy atom. The molecule has 12 heteroatoms. The van der Waals surface area contributed by atoms with Crippen LogP contribution >= 0.6 is 0 Å². The molecule has 8 atom stereocenters. The number of hydrogen-bond donors (Lipinski definition) is 7. The fourth-order valence-electron chi connectivity index (χ4n) is 6.24. The number of Topliss-reactive ketones (excluding diaryl/α,β-unsaturated/α-hetero) is 3. The van der Waals surface area contributed by atoms with Crippen LogP contribution in [-0.2, 0) is 25.5 Å². The van der Waals surface area contributed by atoms with E-state index in [1.807, 2.05) is 0 Å². The molecule has 3 aliphatic rings. The lowest BCUT2D eigenvalue weighted by Crippen LogP contribution is -2.66. The van der Waals surface area contributed by atoms with Gasteiger partial charge in [0, 0.05) is 17.9 Å². The average Bonchev–Trinajstić information content (AvgIpc) is 2.89. The molecule has 1 aliphatic heterocycles. The lowest BCUT2D eigenvalue weighted by Gasteiger charge is -2.51. The zero-order chi connectivity index (χ0) is 29.3. The zero-order valence-electron chi connectivity index (χ0n) is 21.6. The SMILES string of the molecule is CC(=O)C1=C[C@]2(O[C@H]3C[C@@H](O)[C@](O)(C(=O)CO)[C@@H](C)O3)C(=O)c3c(cc4cccc(O)c4c3O)C[C@@H]2[C@@H](O)[C@@H]1O. The smallest absolute Gasteiger partial charge is 0.203 e. The van der Waals surface area contributed by atoms with Gasteiger partial charge in [0.1, 0.15) is 24.2 Å². The van der Waals surface area contributed by atoms with Gasteiger partial charge in [-0.1, -0.05) is 18.2 Å². The third-order valence-corrected chi connectivity index (χ3v) is 8.42. The minimum absolute atomic E-state index is 0.000837. The van der Waals surface area contributed by atoms with Gasteiger partial charge in [-0.25, -0.2) is 0 Å². The van der Waals surface area contributed by atoms with E-state index in [9.17, 15) is 50.1 Å². The van der Waals surface area contributed by atoms with Gasteiger partial charge in [0.2, 0.25) is 5.78 Å². The number of phenolic OH excluding ortho intramolecular Hbond substituents is 2. The molecular weight excluding hydrogens is 528 g/mol. The molecule has 214 valence electrons. The molecule has 0 spiro atoms. The minimum atomic E-state index is -2.47. The fourth-order valence-corrected chi connectivity index (χ4v) is 6.24. The molecular formula is C28H30O12. The van der Waals surface area contributed by atoms with E-state index >= 15 is 0 Å². The first-order valence-corrected chi connectivity index (χ1v) is 12.8. The van der Waals surface area contributed by atoms with Gasteiger partial charge < -0.3 is 45.2 Å². The summed E-state index contributed by atoms with van der Waals surface area (Å²) < 4.78 is 11.8. The van der Waals surface area contributed by atoms with Crippen molar-refractivity contribution < 1.29 is 59.6 Å². The third kappa shape index (κ3) is 3.90. The van der Waals surface area contributed by atoms with Gasteiger partial charge in [-0.05, 0) is 43.4 Å². The lowest BCUT2D eigenvalue weighted by atomic mass is 9.63. The molecule has 0 unspecified atom stereocenters. The molecule has 0 saturated carbocycles. The average molecular weight is 559 g/mol. The molecule has 0 bridgehead atoms. The van der Waals surface area contributed by atoms with E-state index in [4.69, 9.17) is 9.47 Å². The molecule has 2 aromatic carbocycles. The van der Waals surface area contributed by atoms with Crippen LogP contribution in [0.2, 0.25) is 0 Å². The Kier molecular flexibility index (Phi) is 6.86. The number of benzene rings is 2. The molecule has 2 aromatic rings. The summed E-state index contributed by atoms with van der Waals surface area (Å²) in [6, 6.07) is 6.07. The second-order valence-electron chi connectivity index (χ2n) is 10.6. The van der Waals surface area contributed by atoms with E-state index in [1.54, 1.807) is 18.2 Å². The van der Waals surface area contributed by atoms with Crippen LogP contribution in [0, 0.1) is 5.92 Å². The maximum absolute atomic E-state index is 14.3. The topological polar surface area (TPSA) is 211 Å². The van der Waals surface area contributed by atoms with Crippen LogP contribution in [0.4, 0.5) is 0 Å². The van der Waals surface area contributed by atoms with Crippen molar-refractivity contribution in [2.24, 2.45) is 5.92 Å². The van der Waals surface area contributed by atoms with Crippen molar-refractivity contribution in [2.75, 3.05) is 6.61 Å². The summed E-state index contributed by atoms with van der Waals surface area (Å²) in [6.45, 7) is 1.32. The number of aromatic hydroxyl groups is 2. The van der Waals surface area contributed by atoms with Crippen LogP contribution in [0.3, 0.4) is 0 Å². The van der Waals surface area contributed by atoms with E-state index in [-0.39, 0.29) is 28.7 Å². The first kappa shape index (κ1) is 28.3. The third-order valence-electron chi connectivity index (χ3n) is 8.42. The van der Waals surface area contributed by atoms with Crippen LogP contribution in [0.5, 0.6) is 11.5 Å². The van der Waals surface area contributed by atoms with Crippen molar-refractivity contribution in [1.82, 2.24) is 0 Å². The number of fused-ring (bicyclic) bond motifs is 3. The number of ketones is 3. The van der Waals surface area contributed by atoms with Crippen molar-refractivity contribution in [3.8, 4) is 11.5 Å². The van der Waals surface area contributed by atoms with Gasteiger partial charge >= 0.3 is 0 Å². The van der Waals surface area contributed by atoms with Gasteiger partial charge in [-0.2, -0.15) is 0 Å². The van der Waals surface area contributed by atoms with Crippen LogP contribution in [0.15, 0.2) is 35.9 Å². The van der Waals surface area contributed by atoms with Gasteiger partial charge in [0.25, 0.3) is 0 Å².